The number of carbonyl (C=O) groups is 1. The van der Waals surface area contributed by atoms with Gasteiger partial charge in [0.05, 0.1) is 11.7 Å². The van der Waals surface area contributed by atoms with E-state index in [1.807, 2.05) is 30.3 Å². The van der Waals surface area contributed by atoms with E-state index in [-0.39, 0.29) is 12.5 Å². The molecule has 0 aliphatic rings. The van der Waals surface area contributed by atoms with Crippen molar-refractivity contribution in [3.8, 4) is 0 Å². The molecule has 0 fully saturated rings. The third kappa shape index (κ3) is 6.43. The van der Waals surface area contributed by atoms with E-state index in [0.29, 0.717) is 17.7 Å². The topological polar surface area (TPSA) is 49.3 Å². The highest BCUT2D eigenvalue weighted by Crippen LogP contribution is 2.29. The smallest absolute Gasteiger partial charge is 0.387 e. The van der Waals surface area contributed by atoms with Crippen molar-refractivity contribution >= 4 is 17.7 Å². The number of halogens is 3. The summed E-state index contributed by atoms with van der Waals surface area (Å²) in [5, 5.41) is 12.6. The number of thioether (sulfide) groups is 1. The molecule has 0 saturated heterocycles. The summed E-state index contributed by atoms with van der Waals surface area (Å²) in [6.07, 6.45) is -5.17. The summed E-state index contributed by atoms with van der Waals surface area (Å²) >= 11 is 1.55. The Kier molecular flexibility index (Phi) is 6.90. The van der Waals surface area contributed by atoms with Crippen molar-refractivity contribution in [3.63, 3.8) is 0 Å². The normalized spacial score (nSPS) is 12.6. The summed E-state index contributed by atoms with van der Waals surface area (Å²) < 4.78 is 37.5. The SMILES string of the molecule is O=C(CCSc1ccccc1)NCC(O)c1ccc(C(F)(F)F)cc1. The van der Waals surface area contributed by atoms with Crippen molar-refractivity contribution in [1.82, 2.24) is 5.32 Å². The zero-order chi connectivity index (χ0) is 18.3. The predicted molar refractivity (Wildman–Crippen MR) is 91.2 cm³/mol. The van der Waals surface area contributed by atoms with E-state index in [1.54, 1.807) is 11.8 Å². The van der Waals surface area contributed by atoms with Crippen LogP contribution in [-0.2, 0) is 11.0 Å². The maximum atomic E-state index is 12.5. The van der Waals surface area contributed by atoms with Crippen LogP contribution >= 0.6 is 11.8 Å². The van der Waals surface area contributed by atoms with Gasteiger partial charge in [-0.15, -0.1) is 11.8 Å². The molecule has 0 radical (unpaired) electrons. The Morgan fingerprint density at radius 1 is 1.08 bits per heavy atom. The van der Waals surface area contributed by atoms with Gasteiger partial charge in [-0.25, -0.2) is 0 Å². The fourth-order valence-corrected chi connectivity index (χ4v) is 2.96. The van der Waals surface area contributed by atoms with Gasteiger partial charge in [0.2, 0.25) is 5.91 Å². The van der Waals surface area contributed by atoms with Crippen LogP contribution in [0, 0.1) is 0 Å². The molecule has 0 bridgehead atoms. The minimum absolute atomic E-state index is 0.0415. The van der Waals surface area contributed by atoms with Crippen molar-refractivity contribution in [3.05, 3.63) is 65.7 Å². The van der Waals surface area contributed by atoms with Crippen molar-refractivity contribution in [1.29, 1.82) is 0 Å². The van der Waals surface area contributed by atoms with Gasteiger partial charge in [-0.2, -0.15) is 13.2 Å². The van der Waals surface area contributed by atoms with E-state index in [1.165, 1.54) is 12.1 Å². The van der Waals surface area contributed by atoms with Gasteiger partial charge in [-0.05, 0) is 29.8 Å². The molecule has 0 heterocycles. The molecule has 1 atom stereocenters. The van der Waals surface area contributed by atoms with E-state index in [4.69, 9.17) is 0 Å². The summed E-state index contributed by atoms with van der Waals surface area (Å²) in [7, 11) is 0. The zero-order valence-electron chi connectivity index (χ0n) is 13.3. The van der Waals surface area contributed by atoms with Gasteiger partial charge in [0.1, 0.15) is 0 Å². The average molecular weight is 369 g/mol. The fourth-order valence-electron chi connectivity index (χ4n) is 2.09. The summed E-state index contributed by atoms with van der Waals surface area (Å²) in [6, 6.07) is 13.9. The molecule has 7 heteroatoms. The molecule has 134 valence electrons. The number of alkyl halides is 3. The molecular formula is C18H18F3NO2S. The van der Waals surface area contributed by atoms with Gasteiger partial charge >= 0.3 is 6.18 Å². The number of benzene rings is 2. The second-order valence-electron chi connectivity index (χ2n) is 5.35. The summed E-state index contributed by atoms with van der Waals surface area (Å²) in [6.45, 7) is -0.0415. The molecule has 0 spiro atoms. The first-order valence-electron chi connectivity index (χ1n) is 7.66. The van der Waals surface area contributed by atoms with E-state index < -0.39 is 17.8 Å². The van der Waals surface area contributed by atoms with E-state index in [9.17, 15) is 23.1 Å². The average Bonchev–Trinajstić information content (AvgIpc) is 2.60. The highest BCUT2D eigenvalue weighted by Gasteiger charge is 2.30. The number of aliphatic hydroxyl groups excluding tert-OH is 1. The lowest BCUT2D eigenvalue weighted by atomic mass is 10.1. The molecule has 0 saturated carbocycles. The van der Waals surface area contributed by atoms with Gasteiger partial charge in [0.25, 0.3) is 0 Å². The molecule has 1 unspecified atom stereocenters. The Hall–Kier alpha value is -1.99. The lowest BCUT2D eigenvalue weighted by Crippen LogP contribution is -2.28. The maximum Gasteiger partial charge on any atom is 0.416 e. The first-order chi connectivity index (χ1) is 11.9. The minimum atomic E-state index is -4.41. The fraction of sp³-hybridized carbons (Fsp3) is 0.278. The van der Waals surface area contributed by atoms with Crippen LogP contribution in [0.3, 0.4) is 0 Å². The highest BCUT2D eigenvalue weighted by molar-refractivity contribution is 7.99. The van der Waals surface area contributed by atoms with Crippen LogP contribution in [0.15, 0.2) is 59.5 Å². The number of hydrogen-bond acceptors (Lipinski definition) is 3. The Morgan fingerprint density at radius 2 is 1.72 bits per heavy atom. The first kappa shape index (κ1) is 19.3. The van der Waals surface area contributed by atoms with Crippen LogP contribution in [0.1, 0.15) is 23.7 Å². The molecule has 25 heavy (non-hydrogen) atoms. The minimum Gasteiger partial charge on any atom is -0.387 e. The predicted octanol–water partition coefficient (Wildman–Crippen LogP) is 4.04. The van der Waals surface area contributed by atoms with Gasteiger partial charge in [-0.1, -0.05) is 30.3 Å². The summed E-state index contributed by atoms with van der Waals surface area (Å²) in [5.74, 6) is 0.390. The third-order valence-electron chi connectivity index (χ3n) is 3.46. The number of nitrogens with one attached hydrogen (secondary N) is 1. The number of aliphatic hydroxyl groups is 1. The molecule has 3 nitrogen and oxygen atoms in total. The van der Waals surface area contributed by atoms with Crippen LogP contribution in [0.2, 0.25) is 0 Å². The standard InChI is InChI=1S/C18H18F3NO2S/c19-18(20,21)14-8-6-13(7-9-14)16(23)12-22-17(24)10-11-25-15-4-2-1-3-5-15/h1-9,16,23H,10-12H2,(H,22,24). The molecule has 1 amide bonds. The Bertz CT molecular complexity index is 675. The van der Waals surface area contributed by atoms with Crippen molar-refractivity contribution in [2.75, 3.05) is 12.3 Å². The quantitative estimate of drug-likeness (QED) is 0.725. The highest BCUT2D eigenvalue weighted by atomic mass is 32.2. The van der Waals surface area contributed by atoms with Crippen LogP contribution in [0.5, 0.6) is 0 Å². The first-order valence-corrected chi connectivity index (χ1v) is 8.64. The van der Waals surface area contributed by atoms with Crippen LogP contribution in [0.4, 0.5) is 13.2 Å². The van der Waals surface area contributed by atoms with Gasteiger partial charge in [-0.3, -0.25) is 4.79 Å². The summed E-state index contributed by atoms with van der Waals surface area (Å²) in [5.41, 5.74) is -0.447. The Labute approximate surface area is 148 Å². The maximum absolute atomic E-state index is 12.5. The Morgan fingerprint density at radius 3 is 2.32 bits per heavy atom. The van der Waals surface area contributed by atoms with Gasteiger partial charge in [0, 0.05) is 23.6 Å². The van der Waals surface area contributed by atoms with Crippen molar-refractivity contribution < 1.29 is 23.1 Å². The lowest BCUT2D eigenvalue weighted by Gasteiger charge is -2.13. The van der Waals surface area contributed by atoms with Gasteiger partial charge < -0.3 is 10.4 Å². The van der Waals surface area contributed by atoms with Gasteiger partial charge in [0.15, 0.2) is 0 Å². The lowest BCUT2D eigenvalue weighted by molar-refractivity contribution is -0.137. The second kappa shape index (κ2) is 8.92. The zero-order valence-corrected chi connectivity index (χ0v) is 14.1. The van der Waals surface area contributed by atoms with E-state index in [0.717, 1.165) is 17.0 Å². The number of hydrogen-bond donors (Lipinski definition) is 2. The molecule has 2 rings (SSSR count). The van der Waals surface area contributed by atoms with Crippen molar-refractivity contribution in [2.45, 2.75) is 23.6 Å². The van der Waals surface area contributed by atoms with Crippen LogP contribution in [0.25, 0.3) is 0 Å². The molecular weight excluding hydrogens is 351 g/mol. The monoisotopic (exact) mass is 369 g/mol. The second-order valence-corrected chi connectivity index (χ2v) is 6.52. The molecule has 0 aliphatic carbocycles. The number of carbonyl (C=O) groups excluding carboxylic acids is 1. The number of amides is 1. The largest absolute Gasteiger partial charge is 0.416 e. The van der Waals surface area contributed by atoms with E-state index >= 15 is 0 Å². The van der Waals surface area contributed by atoms with Crippen molar-refractivity contribution in [2.24, 2.45) is 0 Å². The third-order valence-corrected chi connectivity index (χ3v) is 4.47. The molecule has 2 N–H and O–H groups in total. The molecule has 2 aromatic rings. The van der Waals surface area contributed by atoms with E-state index in [2.05, 4.69) is 5.32 Å². The Balaban J connectivity index is 1.73. The van der Waals surface area contributed by atoms with Crippen LogP contribution in [-0.4, -0.2) is 23.3 Å². The summed E-state index contributed by atoms with van der Waals surface area (Å²) in [4.78, 5) is 12.8. The molecule has 0 aliphatic heterocycles. The molecule has 2 aromatic carbocycles. The molecule has 0 aromatic heterocycles. The number of rotatable bonds is 7. The van der Waals surface area contributed by atoms with Crippen LogP contribution < -0.4 is 5.32 Å².